The van der Waals surface area contributed by atoms with E-state index in [-0.39, 0.29) is 5.91 Å². The molecule has 0 saturated carbocycles. The number of nitrogens with zero attached hydrogens (tertiary/aromatic N) is 4. The predicted octanol–water partition coefficient (Wildman–Crippen LogP) is 3.34. The van der Waals surface area contributed by atoms with Crippen LogP contribution in [0.4, 0.5) is 0 Å². The molecule has 2 aromatic carbocycles. The fourth-order valence-corrected chi connectivity index (χ4v) is 3.95. The molecule has 1 aromatic heterocycles. The van der Waals surface area contributed by atoms with Crippen LogP contribution in [0.5, 0.6) is 0 Å². The summed E-state index contributed by atoms with van der Waals surface area (Å²) in [5, 5.41) is 7.38. The first kappa shape index (κ1) is 22.0. The predicted molar refractivity (Wildman–Crippen MR) is 128 cm³/mol. The smallest absolute Gasteiger partial charge is 0.244 e. The zero-order chi connectivity index (χ0) is 22.2. The van der Waals surface area contributed by atoms with Gasteiger partial charge in [0.25, 0.3) is 0 Å². The zero-order valence-electron chi connectivity index (χ0n) is 18.7. The quantitative estimate of drug-likeness (QED) is 0.558. The number of para-hydroxylation sites is 1. The van der Waals surface area contributed by atoms with Crippen molar-refractivity contribution in [3.63, 3.8) is 0 Å². The maximum Gasteiger partial charge on any atom is 0.244 e. The Morgan fingerprint density at radius 1 is 0.969 bits per heavy atom. The third kappa shape index (κ3) is 5.93. The second-order valence-electron chi connectivity index (χ2n) is 8.08. The Hall–Kier alpha value is -3.22. The molecule has 1 fully saturated rings. The number of aromatic nitrogens is 2. The van der Waals surface area contributed by atoms with Crippen molar-refractivity contribution in [2.24, 2.45) is 0 Å². The molecule has 1 N–H and O–H groups in total. The highest BCUT2D eigenvalue weighted by molar-refractivity contribution is 5.91. The first-order valence-electron chi connectivity index (χ1n) is 11.3. The van der Waals surface area contributed by atoms with Crippen molar-refractivity contribution in [1.82, 2.24) is 24.9 Å². The van der Waals surface area contributed by atoms with Gasteiger partial charge in [0, 0.05) is 57.1 Å². The number of likely N-dealkylation sites (N-methyl/N-ethyl adjacent to an activating group) is 1. The Morgan fingerprint density at radius 2 is 1.66 bits per heavy atom. The lowest BCUT2D eigenvalue weighted by Crippen LogP contribution is -2.45. The molecule has 1 saturated heterocycles. The summed E-state index contributed by atoms with van der Waals surface area (Å²) in [4.78, 5) is 17.4. The Morgan fingerprint density at radius 3 is 2.41 bits per heavy atom. The van der Waals surface area contributed by atoms with Gasteiger partial charge in [-0.05, 0) is 35.9 Å². The number of hydrogen-bond acceptors (Lipinski definition) is 4. The van der Waals surface area contributed by atoms with E-state index in [0.29, 0.717) is 6.54 Å². The molecule has 6 heteroatoms. The van der Waals surface area contributed by atoms with Crippen LogP contribution in [-0.4, -0.2) is 58.2 Å². The summed E-state index contributed by atoms with van der Waals surface area (Å²) in [6.45, 7) is 9.23. The Balaban J connectivity index is 1.30. The van der Waals surface area contributed by atoms with Crippen molar-refractivity contribution < 1.29 is 4.79 Å². The number of rotatable bonds is 8. The van der Waals surface area contributed by atoms with Crippen molar-refractivity contribution in [3.05, 3.63) is 89.8 Å². The SMILES string of the molecule is CCN1CCN(Cc2ccccc2CNC(=O)/C=C/c2cnn(-c3ccccc3)c2)CC1. The van der Waals surface area contributed by atoms with Gasteiger partial charge in [-0.3, -0.25) is 9.69 Å². The summed E-state index contributed by atoms with van der Waals surface area (Å²) in [5.41, 5.74) is 4.33. The summed E-state index contributed by atoms with van der Waals surface area (Å²) in [6.07, 6.45) is 7.02. The zero-order valence-corrected chi connectivity index (χ0v) is 18.7. The van der Waals surface area contributed by atoms with Crippen molar-refractivity contribution in [2.75, 3.05) is 32.7 Å². The van der Waals surface area contributed by atoms with Crippen LogP contribution < -0.4 is 5.32 Å². The van der Waals surface area contributed by atoms with Crippen molar-refractivity contribution >= 4 is 12.0 Å². The molecule has 0 unspecified atom stereocenters. The molecular formula is C26H31N5O. The third-order valence-electron chi connectivity index (χ3n) is 5.93. The third-order valence-corrected chi connectivity index (χ3v) is 5.93. The molecule has 1 aliphatic heterocycles. The van der Waals surface area contributed by atoms with E-state index in [0.717, 1.165) is 50.5 Å². The minimum absolute atomic E-state index is 0.108. The van der Waals surface area contributed by atoms with Gasteiger partial charge in [-0.2, -0.15) is 5.10 Å². The molecule has 32 heavy (non-hydrogen) atoms. The summed E-state index contributed by atoms with van der Waals surface area (Å²) in [6, 6.07) is 18.3. The van der Waals surface area contributed by atoms with Gasteiger partial charge < -0.3 is 10.2 Å². The van der Waals surface area contributed by atoms with Gasteiger partial charge in [0.05, 0.1) is 11.9 Å². The van der Waals surface area contributed by atoms with Gasteiger partial charge in [-0.15, -0.1) is 0 Å². The topological polar surface area (TPSA) is 53.4 Å². The molecule has 2 heterocycles. The molecule has 1 amide bonds. The molecule has 1 aliphatic rings. The van der Waals surface area contributed by atoms with E-state index in [9.17, 15) is 4.79 Å². The molecule has 0 atom stereocenters. The molecule has 0 bridgehead atoms. The van der Waals surface area contributed by atoms with Crippen LogP contribution in [0.3, 0.4) is 0 Å². The lowest BCUT2D eigenvalue weighted by Gasteiger charge is -2.34. The maximum absolute atomic E-state index is 12.4. The summed E-state index contributed by atoms with van der Waals surface area (Å²) in [7, 11) is 0. The van der Waals surface area contributed by atoms with Crippen LogP contribution in [0, 0.1) is 0 Å². The molecule has 0 aliphatic carbocycles. The molecule has 3 aromatic rings. The van der Waals surface area contributed by atoms with Crippen LogP contribution in [0.2, 0.25) is 0 Å². The van der Waals surface area contributed by atoms with Crippen LogP contribution in [-0.2, 0) is 17.9 Å². The standard InChI is InChI=1S/C26H31N5O/c1-2-29-14-16-30(17-15-29)21-24-9-7-6-8-23(24)19-27-26(32)13-12-22-18-28-31(20-22)25-10-4-3-5-11-25/h3-13,18,20H,2,14-17,19,21H2,1H3,(H,27,32)/b13-12+. The van der Waals surface area contributed by atoms with Crippen molar-refractivity contribution in [2.45, 2.75) is 20.0 Å². The van der Waals surface area contributed by atoms with Crippen LogP contribution in [0.15, 0.2) is 73.1 Å². The largest absolute Gasteiger partial charge is 0.348 e. The van der Waals surface area contributed by atoms with E-state index >= 15 is 0 Å². The van der Waals surface area contributed by atoms with E-state index in [2.05, 4.69) is 45.3 Å². The number of nitrogens with one attached hydrogen (secondary N) is 1. The van der Waals surface area contributed by atoms with Gasteiger partial charge in [-0.1, -0.05) is 49.4 Å². The van der Waals surface area contributed by atoms with E-state index in [1.165, 1.54) is 11.1 Å². The summed E-state index contributed by atoms with van der Waals surface area (Å²) >= 11 is 0. The number of carbonyl (C=O) groups excluding carboxylic acids is 1. The van der Waals surface area contributed by atoms with E-state index in [4.69, 9.17) is 0 Å². The van der Waals surface area contributed by atoms with E-state index < -0.39 is 0 Å². The number of hydrogen-bond donors (Lipinski definition) is 1. The van der Waals surface area contributed by atoms with E-state index in [1.807, 2.05) is 42.6 Å². The number of carbonyl (C=O) groups is 1. The Labute approximate surface area is 190 Å². The summed E-state index contributed by atoms with van der Waals surface area (Å²) in [5.74, 6) is -0.108. The van der Waals surface area contributed by atoms with Gasteiger partial charge in [0.1, 0.15) is 0 Å². The maximum atomic E-state index is 12.4. The monoisotopic (exact) mass is 429 g/mol. The lowest BCUT2D eigenvalue weighted by atomic mass is 10.1. The van der Waals surface area contributed by atoms with Gasteiger partial charge >= 0.3 is 0 Å². The van der Waals surface area contributed by atoms with Crippen LogP contribution >= 0.6 is 0 Å². The molecular weight excluding hydrogens is 398 g/mol. The molecule has 0 radical (unpaired) electrons. The minimum atomic E-state index is -0.108. The summed E-state index contributed by atoms with van der Waals surface area (Å²) < 4.78 is 1.80. The van der Waals surface area contributed by atoms with Crippen LogP contribution in [0.1, 0.15) is 23.6 Å². The fraction of sp³-hybridized carbons (Fsp3) is 0.308. The molecule has 0 spiro atoms. The number of amides is 1. The fourth-order valence-electron chi connectivity index (χ4n) is 3.95. The van der Waals surface area contributed by atoms with Gasteiger partial charge in [0.2, 0.25) is 5.91 Å². The highest BCUT2D eigenvalue weighted by atomic mass is 16.1. The van der Waals surface area contributed by atoms with Gasteiger partial charge in [-0.25, -0.2) is 4.68 Å². The minimum Gasteiger partial charge on any atom is -0.348 e. The number of piperazine rings is 1. The first-order valence-corrected chi connectivity index (χ1v) is 11.3. The van der Waals surface area contributed by atoms with E-state index in [1.54, 1.807) is 23.0 Å². The van der Waals surface area contributed by atoms with Crippen molar-refractivity contribution in [3.8, 4) is 5.69 Å². The van der Waals surface area contributed by atoms with Crippen molar-refractivity contribution in [1.29, 1.82) is 0 Å². The highest BCUT2D eigenvalue weighted by Crippen LogP contribution is 2.14. The normalized spacial score (nSPS) is 15.3. The first-order chi connectivity index (χ1) is 15.7. The Bertz CT molecular complexity index is 1040. The van der Waals surface area contributed by atoms with Gasteiger partial charge in [0.15, 0.2) is 0 Å². The van der Waals surface area contributed by atoms with Crippen LogP contribution in [0.25, 0.3) is 11.8 Å². The Kier molecular flexibility index (Phi) is 7.48. The second-order valence-corrected chi connectivity index (χ2v) is 8.08. The second kappa shape index (κ2) is 10.9. The average Bonchev–Trinajstić information content (AvgIpc) is 3.32. The lowest BCUT2D eigenvalue weighted by molar-refractivity contribution is -0.116. The number of benzene rings is 2. The highest BCUT2D eigenvalue weighted by Gasteiger charge is 2.16. The average molecular weight is 430 g/mol. The molecule has 6 nitrogen and oxygen atoms in total. The molecule has 4 rings (SSSR count). The molecule has 166 valence electrons.